The second-order valence-electron chi connectivity index (χ2n) is 5.19. The molecule has 0 amide bonds. The van der Waals surface area contributed by atoms with Crippen molar-refractivity contribution in [1.29, 1.82) is 0 Å². The minimum atomic E-state index is -1.14. The van der Waals surface area contributed by atoms with Gasteiger partial charge in [-0.1, -0.05) is 40.4 Å². The Morgan fingerprint density at radius 1 is 1.36 bits per heavy atom. The van der Waals surface area contributed by atoms with Crippen LogP contribution in [0.5, 0.6) is 0 Å². The molecule has 0 saturated heterocycles. The summed E-state index contributed by atoms with van der Waals surface area (Å²) in [6.45, 7) is 1.37. The number of azide groups is 1. The summed E-state index contributed by atoms with van der Waals surface area (Å²) >= 11 is 0. The second kappa shape index (κ2) is 6.01. The van der Waals surface area contributed by atoms with Crippen LogP contribution in [0, 0.1) is 0 Å². The van der Waals surface area contributed by atoms with Crippen molar-refractivity contribution in [2.24, 2.45) is 5.11 Å². The number of aromatic nitrogens is 2. The van der Waals surface area contributed by atoms with Crippen LogP contribution in [0.25, 0.3) is 10.4 Å². The van der Waals surface area contributed by atoms with Crippen molar-refractivity contribution in [2.75, 3.05) is 18.0 Å². The Balaban J connectivity index is 1.93. The predicted octanol–water partition coefficient (Wildman–Crippen LogP) is 1.73. The van der Waals surface area contributed by atoms with Crippen molar-refractivity contribution in [3.05, 3.63) is 64.8 Å². The van der Waals surface area contributed by atoms with E-state index < -0.39 is 5.72 Å². The predicted molar refractivity (Wildman–Crippen MR) is 80.7 cm³/mol. The standard InChI is InChI=1S/C15H17N6O/c16-19-18-9-5-11-21-14-17-8-4-10-20(14)12-15(21,22)13-6-2-1-3-7-13/h1-4,6-8,10,22H,5,9,11-12H2/q+1. The van der Waals surface area contributed by atoms with Gasteiger partial charge in [0.15, 0.2) is 0 Å². The molecule has 0 aliphatic carbocycles. The van der Waals surface area contributed by atoms with E-state index in [9.17, 15) is 5.11 Å². The minimum absolute atomic E-state index is 0.394. The van der Waals surface area contributed by atoms with Crippen LogP contribution < -0.4 is 9.47 Å². The first-order chi connectivity index (χ1) is 10.8. The van der Waals surface area contributed by atoms with Gasteiger partial charge in [-0.15, -0.1) is 0 Å². The highest BCUT2D eigenvalue weighted by molar-refractivity contribution is 5.37. The number of benzene rings is 1. The highest BCUT2D eigenvalue weighted by Crippen LogP contribution is 2.33. The van der Waals surface area contributed by atoms with E-state index in [1.165, 1.54) is 0 Å². The fraction of sp³-hybridized carbons (Fsp3) is 0.333. The van der Waals surface area contributed by atoms with E-state index >= 15 is 0 Å². The molecule has 3 rings (SSSR count). The summed E-state index contributed by atoms with van der Waals surface area (Å²) in [5.74, 6) is 0.717. The van der Waals surface area contributed by atoms with Crippen molar-refractivity contribution in [1.82, 2.24) is 4.98 Å². The normalized spacial score (nSPS) is 19.6. The Morgan fingerprint density at radius 2 is 2.18 bits per heavy atom. The zero-order valence-electron chi connectivity index (χ0n) is 12.1. The van der Waals surface area contributed by atoms with Crippen molar-refractivity contribution in [3.63, 3.8) is 0 Å². The van der Waals surface area contributed by atoms with Crippen LogP contribution in [0.2, 0.25) is 0 Å². The Bertz CT molecular complexity index is 700. The van der Waals surface area contributed by atoms with Crippen LogP contribution in [0.15, 0.2) is 53.9 Å². The zero-order valence-corrected chi connectivity index (χ0v) is 12.1. The van der Waals surface area contributed by atoms with E-state index in [4.69, 9.17) is 5.53 Å². The number of aliphatic hydroxyl groups is 1. The highest BCUT2D eigenvalue weighted by Gasteiger charge is 2.50. The Labute approximate surface area is 128 Å². The van der Waals surface area contributed by atoms with Gasteiger partial charge in [0.1, 0.15) is 12.7 Å². The van der Waals surface area contributed by atoms with E-state index in [1.807, 2.05) is 52.1 Å². The van der Waals surface area contributed by atoms with Crippen LogP contribution in [0.4, 0.5) is 5.95 Å². The van der Waals surface area contributed by atoms with Crippen LogP contribution >= 0.6 is 0 Å². The van der Waals surface area contributed by atoms with Gasteiger partial charge < -0.3 is 5.11 Å². The van der Waals surface area contributed by atoms with Crippen LogP contribution in [0.3, 0.4) is 0 Å². The maximum atomic E-state index is 11.3. The van der Waals surface area contributed by atoms with E-state index in [1.54, 1.807) is 6.20 Å². The maximum Gasteiger partial charge on any atom is 0.396 e. The summed E-state index contributed by atoms with van der Waals surface area (Å²) in [6, 6.07) is 11.4. The molecule has 0 radical (unpaired) electrons. The largest absolute Gasteiger partial charge is 0.396 e. The van der Waals surface area contributed by atoms with Crippen LogP contribution in [0.1, 0.15) is 12.0 Å². The molecule has 2 aromatic rings. The topological polar surface area (TPSA) is 89.0 Å². The lowest BCUT2D eigenvalue weighted by Crippen LogP contribution is -2.46. The average molecular weight is 297 g/mol. The molecule has 1 aromatic heterocycles. The quantitative estimate of drug-likeness (QED) is 0.300. The van der Waals surface area contributed by atoms with E-state index in [0.717, 1.165) is 11.5 Å². The smallest absolute Gasteiger partial charge is 0.353 e. The van der Waals surface area contributed by atoms with Gasteiger partial charge >= 0.3 is 5.95 Å². The molecule has 1 unspecified atom stereocenters. The third-order valence-electron chi connectivity index (χ3n) is 3.82. The molecule has 0 saturated carbocycles. The first-order valence-corrected chi connectivity index (χ1v) is 7.16. The number of anilines is 1. The van der Waals surface area contributed by atoms with E-state index in [2.05, 4.69) is 15.0 Å². The molecule has 0 bridgehead atoms. The van der Waals surface area contributed by atoms with Gasteiger partial charge in [-0.05, 0) is 12.0 Å². The lowest BCUT2D eigenvalue weighted by Gasteiger charge is -2.28. The number of rotatable bonds is 5. The fourth-order valence-corrected chi connectivity index (χ4v) is 2.81. The minimum Gasteiger partial charge on any atom is -0.353 e. The SMILES string of the molecule is [N-]=[N+]=NCCCN1c2nccc[n+]2CC1(O)c1ccccc1. The van der Waals surface area contributed by atoms with E-state index in [0.29, 0.717) is 26.1 Å². The summed E-state index contributed by atoms with van der Waals surface area (Å²) in [6.07, 6.45) is 4.27. The van der Waals surface area contributed by atoms with Crippen LogP contribution in [-0.2, 0) is 12.3 Å². The molecule has 0 spiro atoms. The first kappa shape index (κ1) is 14.3. The first-order valence-electron chi connectivity index (χ1n) is 7.16. The lowest BCUT2D eigenvalue weighted by atomic mass is 10.0. The molecule has 0 fully saturated rings. The molecule has 22 heavy (non-hydrogen) atoms. The summed E-state index contributed by atoms with van der Waals surface area (Å²) in [5, 5.41) is 14.8. The van der Waals surface area contributed by atoms with Gasteiger partial charge in [0.2, 0.25) is 5.72 Å². The van der Waals surface area contributed by atoms with Gasteiger partial charge in [-0.2, -0.15) is 0 Å². The third kappa shape index (κ3) is 2.47. The number of fused-ring (bicyclic) bond motifs is 1. The van der Waals surface area contributed by atoms with Gasteiger partial charge in [0, 0.05) is 23.1 Å². The van der Waals surface area contributed by atoms with Crippen LogP contribution in [-0.4, -0.2) is 23.2 Å². The van der Waals surface area contributed by atoms with Gasteiger partial charge in [-0.3, -0.25) is 0 Å². The van der Waals surface area contributed by atoms with E-state index in [-0.39, 0.29) is 0 Å². The van der Waals surface area contributed by atoms with Gasteiger partial charge in [0.25, 0.3) is 0 Å². The summed E-state index contributed by atoms with van der Waals surface area (Å²) in [7, 11) is 0. The molecule has 1 aliphatic heterocycles. The molecule has 7 nitrogen and oxygen atoms in total. The molecule has 1 atom stereocenters. The average Bonchev–Trinajstić information content (AvgIpc) is 2.85. The molecule has 1 aliphatic rings. The van der Waals surface area contributed by atoms with Crippen molar-refractivity contribution in [2.45, 2.75) is 18.7 Å². The molecule has 1 N–H and O–H groups in total. The summed E-state index contributed by atoms with van der Waals surface area (Å²) in [5.41, 5.74) is 8.06. The fourth-order valence-electron chi connectivity index (χ4n) is 2.81. The summed E-state index contributed by atoms with van der Waals surface area (Å²) in [4.78, 5) is 9.02. The number of nitrogens with zero attached hydrogens (tertiary/aromatic N) is 6. The number of hydrogen-bond donors (Lipinski definition) is 1. The summed E-state index contributed by atoms with van der Waals surface area (Å²) < 4.78 is 1.93. The van der Waals surface area contributed by atoms with Crippen molar-refractivity contribution in [3.8, 4) is 0 Å². The number of hydrogen-bond acceptors (Lipinski definition) is 4. The lowest BCUT2D eigenvalue weighted by molar-refractivity contribution is -0.685. The molecule has 7 heteroatoms. The molecule has 1 aromatic carbocycles. The zero-order chi connectivity index (χ0) is 15.4. The monoisotopic (exact) mass is 297 g/mol. The second-order valence-corrected chi connectivity index (χ2v) is 5.19. The van der Waals surface area contributed by atoms with Gasteiger partial charge in [0.05, 0.1) is 12.7 Å². The highest BCUT2D eigenvalue weighted by atomic mass is 16.3. The Morgan fingerprint density at radius 3 is 2.95 bits per heavy atom. The molecular formula is C15H17N6O+. The van der Waals surface area contributed by atoms with Gasteiger partial charge in [-0.25, -0.2) is 9.47 Å². The van der Waals surface area contributed by atoms with Crippen molar-refractivity contribution < 1.29 is 9.67 Å². The van der Waals surface area contributed by atoms with Crippen molar-refractivity contribution >= 4 is 5.95 Å². The molecular weight excluding hydrogens is 280 g/mol. The molecule has 112 valence electrons. The molecule has 2 heterocycles. The third-order valence-corrected chi connectivity index (χ3v) is 3.82. The Hall–Kier alpha value is -2.63. The maximum absolute atomic E-state index is 11.3. The Kier molecular flexibility index (Phi) is 3.91.